The zero-order valence-electron chi connectivity index (χ0n) is 31.7. The number of phenolic OH excluding ortho intramolecular Hbond substituents is 1. The third kappa shape index (κ3) is 18.5. The van der Waals surface area contributed by atoms with Crippen LogP contribution in [0.5, 0.6) is 5.75 Å². The first-order chi connectivity index (χ1) is 26.4. The van der Waals surface area contributed by atoms with Crippen LogP contribution in [0.25, 0.3) is 0 Å². The molecule has 0 spiro atoms. The van der Waals surface area contributed by atoms with Gasteiger partial charge in [-0.05, 0) is 68.7 Å². The first-order valence-electron chi connectivity index (χ1n) is 18.3. The van der Waals surface area contributed by atoms with E-state index in [1.165, 1.54) is 24.3 Å². The zero-order valence-corrected chi connectivity index (χ0v) is 32.6. The normalized spacial score (nSPS) is 14.7. The molecule has 314 valence electrons. The maximum absolute atomic E-state index is 13.6. The molecule has 0 unspecified atom stereocenters. The highest BCUT2D eigenvalue weighted by molar-refractivity contribution is 7.80. The smallest absolute Gasteiger partial charge is 0.326 e. The van der Waals surface area contributed by atoms with Gasteiger partial charge in [0, 0.05) is 25.1 Å². The number of carbonyl (C=O) groups is 7. The monoisotopic (exact) mass is 810 g/mol. The van der Waals surface area contributed by atoms with Gasteiger partial charge in [0.2, 0.25) is 29.5 Å². The summed E-state index contributed by atoms with van der Waals surface area (Å²) in [5.74, 6) is -7.64. The molecule has 0 aliphatic carbocycles. The Kier molecular flexibility index (Phi) is 22.5. The standard InChI is InChI=1S/C35H58N10O10S/c1-3-19(2)28(45-29(49)22(37)7-6-16-40-35(38)39)33(53)41-23(13-14-27(47)48)30(50)44-26(18-56)32(52)43-25(17-20-9-11-21(46)12-10-20)31(51)42-24(34(54)55)8-4-5-15-36/h9-12,19,22-26,28,46,56H,3-8,13-18,36-37H2,1-2H3,(H,41,53)(H,42,51)(H,43,52)(H,44,50)(H,45,49)(H,47,48)(H,54,55)(H4,38,39,40)/t19-,22-,23-,24-,25-,26-,28-/m0/s1. The molecule has 1 rings (SSSR count). The maximum Gasteiger partial charge on any atom is 0.326 e. The van der Waals surface area contributed by atoms with Gasteiger partial charge >= 0.3 is 11.9 Å². The molecular weight excluding hydrogens is 753 g/mol. The number of aromatic hydroxyl groups is 1. The number of nitrogens with zero attached hydrogens (tertiary/aromatic N) is 1. The second kappa shape index (κ2) is 25.8. The third-order valence-corrected chi connectivity index (χ3v) is 9.13. The molecule has 0 aliphatic heterocycles. The number of nitrogens with one attached hydrogen (secondary N) is 5. The molecule has 0 radical (unpaired) electrons. The number of aliphatic imine (C=N–C) groups is 1. The van der Waals surface area contributed by atoms with Crippen LogP contribution in [0.3, 0.4) is 0 Å². The van der Waals surface area contributed by atoms with Crippen LogP contribution < -0.4 is 49.5 Å². The van der Waals surface area contributed by atoms with Crippen molar-refractivity contribution in [3.8, 4) is 5.75 Å². The Labute approximate surface area is 331 Å². The minimum atomic E-state index is -1.49. The van der Waals surface area contributed by atoms with E-state index in [0.29, 0.717) is 37.8 Å². The van der Waals surface area contributed by atoms with Crippen LogP contribution in [0.1, 0.15) is 70.8 Å². The second-order valence-corrected chi connectivity index (χ2v) is 13.6. The average Bonchev–Trinajstić information content (AvgIpc) is 3.15. The van der Waals surface area contributed by atoms with Crippen LogP contribution in [0.4, 0.5) is 0 Å². The van der Waals surface area contributed by atoms with Crippen molar-refractivity contribution >= 4 is 60.1 Å². The van der Waals surface area contributed by atoms with E-state index in [9.17, 15) is 48.9 Å². The molecule has 56 heavy (non-hydrogen) atoms. The summed E-state index contributed by atoms with van der Waals surface area (Å²) in [6.45, 7) is 4.02. The number of unbranched alkanes of at least 4 members (excludes halogenated alkanes) is 1. The lowest BCUT2D eigenvalue weighted by molar-refractivity contribution is -0.142. The molecule has 0 saturated heterocycles. The molecule has 0 aromatic heterocycles. The van der Waals surface area contributed by atoms with Crippen molar-refractivity contribution in [1.82, 2.24) is 26.6 Å². The lowest BCUT2D eigenvalue weighted by Crippen LogP contribution is -2.60. The van der Waals surface area contributed by atoms with E-state index in [2.05, 4.69) is 44.2 Å². The SMILES string of the molecule is CC[C@H](C)[C@H](NC(=O)[C@@H](N)CCCN=C(N)N)C(=O)N[C@@H](CCC(=O)O)C(=O)N[C@@H](CS)C(=O)N[C@@H](Cc1ccc(O)cc1)C(=O)N[C@@H](CCCCN)C(=O)O. The van der Waals surface area contributed by atoms with Gasteiger partial charge in [-0.15, -0.1) is 0 Å². The topological polar surface area (TPSA) is 357 Å². The average molecular weight is 811 g/mol. The Bertz CT molecular complexity index is 1500. The number of thiol groups is 1. The predicted molar refractivity (Wildman–Crippen MR) is 210 cm³/mol. The molecule has 5 amide bonds. The Morgan fingerprint density at radius 1 is 0.750 bits per heavy atom. The number of hydrogen-bond acceptors (Lipinski definition) is 12. The molecule has 16 N–H and O–H groups in total. The summed E-state index contributed by atoms with van der Waals surface area (Å²) in [4.78, 5) is 94.3. The molecular formula is C35H58N10O10S. The summed E-state index contributed by atoms with van der Waals surface area (Å²) >= 11 is 4.18. The fourth-order valence-corrected chi connectivity index (χ4v) is 5.51. The summed E-state index contributed by atoms with van der Waals surface area (Å²) in [6, 6.07) is -2.02. The van der Waals surface area contributed by atoms with Crippen molar-refractivity contribution in [2.24, 2.45) is 33.8 Å². The van der Waals surface area contributed by atoms with Crippen LogP contribution in [0.15, 0.2) is 29.3 Å². The van der Waals surface area contributed by atoms with Gasteiger partial charge in [-0.2, -0.15) is 12.6 Å². The van der Waals surface area contributed by atoms with Crippen LogP contribution in [-0.2, 0) is 40.0 Å². The van der Waals surface area contributed by atoms with Crippen LogP contribution >= 0.6 is 12.6 Å². The van der Waals surface area contributed by atoms with Gasteiger partial charge in [-0.3, -0.25) is 33.8 Å². The van der Waals surface area contributed by atoms with E-state index in [1.807, 2.05) is 0 Å². The van der Waals surface area contributed by atoms with Gasteiger partial charge in [-0.25, -0.2) is 4.79 Å². The molecule has 0 aliphatic rings. The fourth-order valence-electron chi connectivity index (χ4n) is 5.25. The number of carboxylic acid groups (broad SMARTS) is 2. The number of benzene rings is 1. The van der Waals surface area contributed by atoms with E-state index in [1.54, 1.807) is 13.8 Å². The molecule has 20 nitrogen and oxygen atoms in total. The summed E-state index contributed by atoms with van der Waals surface area (Å²) in [6.07, 6.45) is 0.918. The molecule has 1 aromatic rings. The maximum atomic E-state index is 13.6. The van der Waals surface area contributed by atoms with Crippen LogP contribution in [0.2, 0.25) is 0 Å². The molecule has 0 saturated carbocycles. The van der Waals surface area contributed by atoms with Crippen molar-refractivity contribution < 1.29 is 48.9 Å². The van der Waals surface area contributed by atoms with E-state index < -0.39 is 96.5 Å². The molecule has 0 bridgehead atoms. The van der Waals surface area contributed by atoms with E-state index in [0.717, 1.165) is 0 Å². The number of amides is 5. The number of nitrogens with two attached hydrogens (primary N) is 4. The highest BCUT2D eigenvalue weighted by Gasteiger charge is 2.34. The van der Waals surface area contributed by atoms with Gasteiger partial charge in [0.25, 0.3) is 0 Å². The summed E-state index contributed by atoms with van der Waals surface area (Å²) in [7, 11) is 0. The first kappa shape index (κ1) is 48.9. The second-order valence-electron chi connectivity index (χ2n) is 13.3. The van der Waals surface area contributed by atoms with Crippen molar-refractivity contribution in [3.05, 3.63) is 29.8 Å². The van der Waals surface area contributed by atoms with Crippen LogP contribution in [0, 0.1) is 5.92 Å². The number of hydrogen-bond donors (Lipinski definition) is 13. The van der Waals surface area contributed by atoms with E-state index >= 15 is 0 Å². The molecule has 0 heterocycles. The first-order valence-corrected chi connectivity index (χ1v) is 18.9. The highest BCUT2D eigenvalue weighted by Crippen LogP contribution is 2.14. The number of rotatable bonds is 27. The third-order valence-electron chi connectivity index (χ3n) is 8.76. The number of carbonyl (C=O) groups excluding carboxylic acids is 5. The minimum absolute atomic E-state index is 0.0514. The zero-order chi connectivity index (χ0) is 42.4. The van der Waals surface area contributed by atoms with E-state index in [-0.39, 0.29) is 43.3 Å². The van der Waals surface area contributed by atoms with Crippen molar-refractivity contribution in [2.45, 2.75) is 108 Å². The van der Waals surface area contributed by atoms with Gasteiger partial charge in [0.15, 0.2) is 5.96 Å². The highest BCUT2D eigenvalue weighted by atomic mass is 32.1. The van der Waals surface area contributed by atoms with Crippen molar-refractivity contribution in [3.63, 3.8) is 0 Å². The number of aliphatic carboxylic acids is 2. The number of carboxylic acids is 2. The lowest BCUT2D eigenvalue weighted by atomic mass is 9.96. The van der Waals surface area contributed by atoms with Gasteiger partial charge in [-0.1, -0.05) is 32.4 Å². The Morgan fingerprint density at radius 2 is 1.32 bits per heavy atom. The molecule has 1 aromatic carbocycles. The van der Waals surface area contributed by atoms with Crippen molar-refractivity contribution in [2.75, 3.05) is 18.8 Å². The Morgan fingerprint density at radius 3 is 1.88 bits per heavy atom. The predicted octanol–water partition coefficient (Wildman–Crippen LogP) is -2.21. The number of phenols is 1. The molecule has 7 atom stereocenters. The fraction of sp³-hybridized carbons (Fsp3) is 0.600. The summed E-state index contributed by atoms with van der Waals surface area (Å²) in [5.41, 5.74) is 22.7. The summed E-state index contributed by atoms with van der Waals surface area (Å²) < 4.78 is 0. The van der Waals surface area contributed by atoms with Gasteiger partial charge in [0.1, 0.15) is 36.0 Å². The lowest BCUT2D eigenvalue weighted by Gasteiger charge is -2.28. The van der Waals surface area contributed by atoms with Gasteiger partial charge in [0.05, 0.1) is 6.04 Å². The van der Waals surface area contributed by atoms with Crippen LogP contribution in [-0.4, -0.2) is 118 Å². The summed E-state index contributed by atoms with van der Waals surface area (Å²) in [5, 5.41) is 41.3. The number of guanidine groups is 1. The minimum Gasteiger partial charge on any atom is -0.508 e. The molecule has 21 heteroatoms. The Balaban J connectivity index is 3.24. The quantitative estimate of drug-likeness (QED) is 0.0194. The van der Waals surface area contributed by atoms with E-state index in [4.69, 9.17) is 22.9 Å². The van der Waals surface area contributed by atoms with Crippen molar-refractivity contribution in [1.29, 1.82) is 0 Å². The van der Waals surface area contributed by atoms with Gasteiger partial charge < -0.3 is 64.8 Å². The largest absolute Gasteiger partial charge is 0.508 e. The molecule has 0 fully saturated rings. The Hall–Kier alpha value is -5.15.